The van der Waals surface area contributed by atoms with Gasteiger partial charge in [-0.15, -0.1) is 11.3 Å². The molecule has 1 aromatic heterocycles. The molecule has 6 heteroatoms. The van der Waals surface area contributed by atoms with Crippen LogP contribution in [0.15, 0.2) is 18.2 Å². The van der Waals surface area contributed by atoms with Crippen molar-refractivity contribution in [3.8, 4) is 10.4 Å². The molecule has 17 heavy (non-hydrogen) atoms. The van der Waals surface area contributed by atoms with E-state index in [9.17, 15) is 13.6 Å². The van der Waals surface area contributed by atoms with Gasteiger partial charge in [0.2, 0.25) is 0 Å². The van der Waals surface area contributed by atoms with Crippen LogP contribution in [-0.2, 0) is 0 Å². The lowest BCUT2D eigenvalue weighted by Crippen LogP contribution is -1.99. The van der Waals surface area contributed by atoms with Gasteiger partial charge in [-0.05, 0) is 24.6 Å². The summed E-state index contributed by atoms with van der Waals surface area (Å²) in [4.78, 5) is 15.0. The smallest absolute Gasteiger partial charge is 0.356 e. The number of nitrogens with zero attached hydrogens (tertiary/aromatic N) is 1. The van der Waals surface area contributed by atoms with Gasteiger partial charge in [-0.2, -0.15) is 0 Å². The summed E-state index contributed by atoms with van der Waals surface area (Å²) in [6.07, 6.45) is 0. The van der Waals surface area contributed by atoms with Crippen LogP contribution in [0.4, 0.5) is 8.78 Å². The Bertz CT molecular complexity index is 575. The molecule has 3 nitrogen and oxygen atoms in total. The second kappa shape index (κ2) is 4.21. The van der Waals surface area contributed by atoms with Crippen LogP contribution in [-0.4, -0.2) is 16.1 Å². The molecular weight excluding hydrogens is 248 g/mol. The zero-order valence-corrected chi connectivity index (χ0v) is 9.52. The molecule has 0 unspecified atom stereocenters. The number of aryl methyl sites for hydroxylation is 1. The highest BCUT2D eigenvalue weighted by molar-refractivity contribution is 7.15. The van der Waals surface area contributed by atoms with Crippen molar-refractivity contribution in [2.24, 2.45) is 0 Å². The summed E-state index contributed by atoms with van der Waals surface area (Å²) < 4.78 is 26.1. The van der Waals surface area contributed by atoms with Gasteiger partial charge < -0.3 is 5.11 Å². The Balaban J connectivity index is 2.63. The maximum absolute atomic E-state index is 13.1. The molecule has 0 radical (unpaired) electrons. The molecule has 88 valence electrons. The highest BCUT2D eigenvalue weighted by atomic mass is 32.1. The second-order valence-corrected chi connectivity index (χ2v) is 4.58. The largest absolute Gasteiger partial charge is 0.476 e. The summed E-state index contributed by atoms with van der Waals surface area (Å²) in [5.74, 6) is -2.71. The van der Waals surface area contributed by atoms with E-state index in [2.05, 4.69) is 4.98 Å². The minimum absolute atomic E-state index is 0.183. The van der Waals surface area contributed by atoms with Crippen LogP contribution in [0.2, 0.25) is 0 Å². The first-order valence-corrected chi connectivity index (χ1v) is 5.46. The fourth-order valence-electron chi connectivity index (χ4n) is 1.45. The predicted octanol–water partition coefficient (Wildman–Crippen LogP) is 3.09. The van der Waals surface area contributed by atoms with E-state index in [0.717, 1.165) is 29.5 Å². The third kappa shape index (κ3) is 2.31. The number of carboxylic acids is 1. The van der Waals surface area contributed by atoms with E-state index in [-0.39, 0.29) is 16.1 Å². The fourth-order valence-corrected chi connectivity index (χ4v) is 2.35. The van der Waals surface area contributed by atoms with Gasteiger partial charge in [0, 0.05) is 6.07 Å². The lowest BCUT2D eigenvalue weighted by atomic mass is 10.1. The van der Waals surface area contributed by atoms with Crippen molar-refractivity contribution >= 4 is 17.3 Å². The van der Waals surface area contributed by atoms with Crippen LogP contribution in [0.3, 0.4) is 0 Å². The molecule has 0 saturated heterocycles. The Morgan fingerprint density at radius 1 is 1.29 bits per heavy atom. The van der Waals surface area contributed by atoms with Gasteiger partial charge in [0.1, 0.15) is 11.6 Å². The number of carboxylic acid groups (broad SMARTS) is 1. The molecule has 0 amide bonds. The Morgan fingerprint density at radius 2 is 1.88 bits per heavy atom. The molecule has 0 fully saturated rings. The van der Waals surface area contributed by atoms with Gasteiger partial charge in [-0.3, -0.25) is 0 Å². The molecule has 0 aliphatic rings. The lowest BCUT2D eigenvalue weighted by Gasteiger charge is -2.00. The molecule has 2 rings (SSSR count). The third-order valence-corrected chi connectivity index (χ3v) is 3.08. The van der Waals surface area contributed by atoms with Crippen LogP contribution in [0.5, 0.6) is 0 Å². The first kappa shape index (κ1) is 11.7. The number of benzene rings is 1. The van der Waals surface area contributed by atoms with Crippen LogP contribution < -0.4 is 0 Å². The minimum atomic E-state index is -1.21. The van der Waals surface area contributed by atoms with Gasteiger partial charge in [0.15, 0.2) is 5.69 Å². The fraction of sp³-hybridized carbons (Fsp3) is 0.0909. The van der Waals surface area contributed by atoms with Crippen molar-refractivity contribution in [3.05, 3.63) is 40.5 Å². The number of carbonyl (C=O) groups is 1. The molecule has 0 aliphatic carbocycles. The first-order valence-electron chi connectivity index (χ1n) is 4.64. The van der Waals surface area contributed by atoms with Crippen LogP contribution in [0, 0.1) is 18.6 Å². The number of hydrogen-bond donors (Lipinski definition) is 1. The number of rotatable bonds is 2. The molecule has 0 saturated carbocycles. The lowest BCUT2D eigenvalue weighted by molar-refractivity contribution is 0.0692. The standard InChI is InChI=1S/C11H7F2NO2S/c1-5-14-9(11(15)16)10(17-5)6-2-7(12)4-8(13)3-6/h2-4H,1H3,(H,15,16). The number of hydrogen-bond acceptors (Lipinski definition) is 3. The van der Waals surface area contributed by atoms with Crippen molar-refractivity contribution in [2.75, 3.05) is 0 Å². The van der Waals surface area contributed by atoms with Gasteiger partial charge >= 0.3 is 5.97 Å². The maximum atomic E-state index is 13.1. The summed E-state index contributed by atoms with van der Waals surface area (Å²) in [5, 5.41) is 9.47. The number of aromatic nitrogens is 1. The van der Waals surface area contributed by atoms with Gasteiger partial charge in [-0.1, -0.05) is 0 Å². The topological polar surface area (TPSA) is 50.2 Å². The quantitative estimate of drug-likeness (QED) is 0.897. The Labute approximate surface area is 99.4 Å². The zero-order chi connectivity index (χ0) is 12.6. The van der Waals surface area contributed by atoms with E-state index in [1.54, 1.807) is 6.92 Å². The summed E-state index contributed by atoms with van der Waals surface area (Å²) in [7, 11) is 0. The molecule has 0 bridgehead atoms. The second-order valence-electron chi connectivity index (χ2n) is 3.37. The molecule has 1 N–H and O–H groups in total. The molecule has 2 aromatic rings. The molecular formula is C11H7F2NO2S. The Hall–Kier alpha value is -1.82. The van der Waals surface area contributed by atoms with Crippen LogP contribution >= 0.6 is 11.3 Å². The third-order valence-electron chi connectivity index (χ3n) is 2.06. The van der Waals surface area contributed by atoms with Gasteiger partial charge in [-0.25, -0.2) is 18.6 Å². The van der Waals surface area contributed by atoms with E-state index >= 15 is 0 Å². The Kier molecular flexibility index (Phi) is 2.89. The zero-order valence-electron chi connectivity index (χ0n) is 8.70. The number of thiazole rings is 1. The van der Waals surface area contributed by atoms with Gasteiger partial charge in [0.25, 0.3) is 0 Å². The number of aromatic carboxylic acids is 1. The van der Waals surface area contributed by atoms with Crippen molar-refractivity contribution in [3.63, 3.8) is 0 Å². The minimum Gasteiger partial charge on any atom is -0.476 e. The average molecular weight is 255 g/mol. The highest BCUT2D eigenvalue weighted by Crippen LogP contribution is 2.31. The number of halogens is 2. The summed E-state index contributed by atoms with van der Waals surface area (Å²) in [6.45, 7) is 1.64. The molecule has 0 spiro atoms. The molecule has 1 heterocycles. The van der Waals surface area contributed by atoms with Gasteiger partial charge in [0.05, 0.1) is 9.88 Å². The van der Waals surface area contributed by atoms with E-state index in [1.807, 2.05) is 0 Å². The summed E-state index contributed by atoms with van der Waals surface area (Å²) >= 11 is 1.09. The van der Waals surface area contributed by atoms with E-state index in [1.165, 1.54) is 0 Å². The molecule has 0 atom stereocenters. The molecule has 0 aliphatic heterocycles. The summed E-state index contributed by atoms with van der Waals surface area (Å²) in [6, 6.07) is 2.91. The van der Waals surface area contributed by atoms with Crippen LogP contribution in [0.25, 0.3) is 10.4 Å². The van der Waals surface area contributed by atoms with Crippen LogP contribution in [0.1, 0.15) is 15.5 Å². The van der Waals surface area contributed by atoms with Crippen molar-refractivity contribution in [1.29, 1.82) is 0 Å². The highest BCUT2D eigenvalue weighted by Gasteiger charge is 2.18. The van der Waals surface area contributed by atoms with Crippen molar-refractivity contribution in [2.45, 2.75) is 6.92 Å². The monoisotopic (exact) mass is 255 g/mol. The van der Waals surface area contributed by atoms with Crippen molar-refractivity contribution in [1.82, 2.24) is 4.98 Å². The average Bonchev–Trinajstić information content (AvgIpc) is 2.59. The van der Waals surface area contributed by atoms with E-state index in [0.29, 0.717) is 5.01 Å². The van der Waals surface area contributed by atoms with Crippen molar-refractivity contribution < 1.29 is 18.7 Å². The molecule has 1 aromatic carbocycles. The Morgan fingerprint density at radius 3 is 2.41 bits per heavy atom. The van der Waals surface area contributed by atoms with E-state index in [4.69, 9.17) is 5.11 Å². The normalized spacial score (nSPS) is 10.5. The SMILES string of the molecule is Cc1nc(C(=O)O)c(-c2cc(F)cc(F)c2)s1. The summed E-state index contributed by atoms with van der Waals surface area (Å²) in [5.41, 5.74) is 0.00278. The maximum Gasteiger partial charge on any atom is 0.356 e. The first-order chi connectivity index (χ1) is 7.97. The van der Waals surface area contributed by atoms with E-state index < -0.39 is 17.6 Å². The predicted molar refractivity (Wildman–Crippen MR) is 59.2 cm³/mol.